The average molecular weight is 545 g/mol. The van der Waals surface area contributed by atoms with E-state index in [1.165, 1.54) is 4.90 Å². The molecule has 208 valence electrons. The molecule has 3 heterocycles. The number of nitrogens with one attached hydrogen (secondary N) is 2. The molecule has 1 fully saturated rings. The van der Waals surface area contributed by atoms with Crippen LogP contribution < -0.4 is 10.1 Å². The first-order chi connectivity index (χ1) is 19.4. The zero-order valence-electron chi connectivity index (χ0n) is 22.8. The summed E-state index contributed by atoms with van der Waals surface area (Å²) in [7, 11) is 4.95. The van der Waals surface area contributed by atoms with E-state index in [1.54, 1.807) is 39.5 Å². The number of nitrogens with zero attached hydrogens (tertiary/aromatic N) is 4. The number of para-hydroxylation sites is 1. The van der Waals surface area contributed by atoms with Gasteiger partial charge in [0.05, 0.1) is 37.3 Å². The number of benzene rings is 2. The van der Waals surface area contributed by atoms with Gasteiger partial charge in [0.1, 0.15) is 12.4 Å². The number of methoxy groups -OCH3 is 1. The van der Waals surface area contributed by atoms with Gasteiger partial charge in [-0.15, -0.1) is 0 Å². The number of pyridine rings is 1. The molecule has 0 unspecified atom stereocenters. The fraction of sp³-hybridized carbons (Fsp3) is 0.310. The Hall–Kier alpha value is -4.48. The molecule has 2 amide bonds. The molecule has 0 aliphatic carbocycles. The van der Waals surface area contributed by atoms with E-state index in [9.17, 15) is 9.59 Å². The van der Waals surface area contributed by atoms with Crippen LogP contribution in [0.15, 0.2) is 54.7 Å². The fourth-order valence-corrected chi connectivity index (χ4v) is 4.60. The highest BCUT2D eigenvalue weighted by Crippen LogP contribution is 2.35. The van der Waals surface area contributed by atoms with E-state index in [-0.39, 0.29) is 12.5 Å². The van der Waals surface area contributed by atoms with Crippen LogP contribution in [0.2, 0.25) is 0 Å². The molecule has 0 atom stereocenters. The van der Waals surface area contributed by atoms with Crippen LogP contribution in [0.4, 0.5) is 10.5 Å². The highest BCUT2D eigenvalue weighted by molar-refractivity contribution is 6.04. The highest BCUT2D eigenvalue weighted by atomic mass is 16.5. The van der Waals surface area contributed by atoms with Crippen LogP contribution in [0.1, 0.15) is 10.4 Å². The second kappa shape index (κ2) is 12.1. The van der Waals surface area contributed by atoms with Crippen molar-refractivity contribution in [3.63, 3.8) is 0 Å². The number of amides is 2. The molecule has 2 aromatic heterocycles. The van der Waals surface area contributed by atoms with Crippen molar-refractivity contribution >= 4 is 28.7 Å². The zero-order valence-corrected chi connectivity index (χ0v) is 22.8. The Bertz CT molecular complexity index is 1510. The van der Waals surface area contributed by atoms with Crippen molar-refractivity contribution in [3.05, 3.63) is 60.3 Å². The Kier molecular flexibility index (Phi) is 8.23. The lowest BCUT2D eigenvalue weighted by atomic mass is 10.0. The number of H-pyrrole nitrogens is 1. The fourth-order valence-electron chi connectivity index (χ4n) is 4.60. The molecule has 0 saturated carbocycles. The Morgan fingerprint density at radius 1 is 1.10 bits per heavy atom. The molecule has 11 heteroatoms. The first-order valence-electron chi connectivity index (χ1n) is 13.0. The number of carbonyl (C=O) groups excluding carboxylic acids is 2. The van der Waals surface area contributed by atoms with Crippen LogP contribution in [-0.2, 0) is 9.47 Å². The Labute approximate surface area is 232 Å². The van der Waals surface area contributed by atoms with Gasteiger partial charge in [-0.1, -0.05) is 18.2 Å². The maximum Gasteiger partial charge on any atom is 0.411 e. The van der Waals surface area contributed by atoms with E-state index in [1.807, 2.05) is 36.4 Å². The summed E-state index contributed by atoms with van der Waals surface area (Å²) in [5.74, 6) is 0.460. The van der Waals surface area contributed by atoms with Crippen molar-refractivity contribution in [2.75, 3.05) is 66.0 Å². The Balaban J connectivity index is 1.40. The molecule has 4 aromatic rings. The quantitative estimate of drug-likeness (QED) is 0.343. The van der Waals surface area contributed by atoms with Gasteiger partial charge in [0.15, 0.2) is 5.65 Å². The number of aromatic amines is 1. The molecular weight excluding hydrogens is 512 g/mol. The number of carbonyl (C=O) groups is 2. The second-order valence-corrected chi connectivity index (χ2v) is 9.57. The highest BCUT2D eigenvalue weighted by Gasteiger charge is 2.19. The smallest absolute Gasteiger partial charge is 0.411 e. The van der Waals surface area contributed by atoms with Gasteiger partial charge in [0.25, 0.3) is 5.91 Å². The van der Waals surface area contributed by atoms with E-state index in [0.717, 1.165) is 40.9 Å². The van der Waals surface area contributed by atoms with Crippen molar-refractivity contribution in [2.24, 2.45) is 0 Å². The minimum absolute atomic E-state index is 0.242. The Morgan fingerprint density at radius 3 is 2.67 bits per heavy atom. The van der Waals surface area contributed by atoms with Crippen molar-refractivity contribution in [3.8, 4) is 28.1 Å². The topological polar surface area (TPSA) is 122 Å². The SMILES string of the molecule is COc1ccccc1-c1[nH]nc2ncc(-c3ccc(NC(=O)OCCN4CCOCC4)c(C(=O)N(C)C)c3)cc12. The predicted octanol–water partition coefficient (Wildman–Crippen LogP) is 3.88. The summed E-state index contributed by atoms with van der Waals surface area (Å²) in [6.45, 7) is 3.85. The molecule has 2 N–H and O–H groups in total. The minimum Gasteiger partial charge on any atom is -0.496 e. The second-order valence-electron chi connectivity index (χ2n) is 9.57. The van der Waals surface area contributed by atoms with E-state index in [0.29, 0.717) is 42.4 Å². The maximum atomic E-state index is 13.1. The molecule has 0 spiro atoms. The number of rotatable bonds is 8. The van der Waals surface area contributed by atoms with Gasteiger partial charge < -0.3 is 19.1 Å². The molecular formula is C29H32N6O5. The number of aromatic nitrogens is 3. The summed E-state index contributed by atoms with van der Waals surface area (Å²) in [5, 5.41) is 11.0. The molecule has 0 radical (unpaired) electrons. The summed E-state index contributed by atoms with van der Waals surface area (Å²) in [4.78, 5) is 33.8. The summed E-state index contributed by atoms with van der Waals surface area (Å²) in [5.41, 5.74) is 4.46. The minimum atomic E-state index is -0.614. The summed E-state index contributed by atoms with van der Waals surface area (Å²) in [6.07, 6.45) is 1.10. The maximum absolute atomic E-state index is 13.1. The summed E-state index contributed by atoms with van der Waals surface area (Å²) in [6, 6.07) is 14.9. The van der Waals surface area contributed by atoms with Crippen LogP contribution >= 0.6 is 0 Å². The number of hydrogen-bond acceptors (Lipinski definition) is 8. The lowest BCUT2D eigenvalue weighted by Gasteiger charge is -2.26. The van der Waals surface area contributed by atoms with E-state index < -0.39 is 6.09 Å². The van der Waals surface area contributed by atoms with Crippen molar-refractivity contribution in [1.29, 1.82) is 0 Å². The standard InChI is InChI=1S/C29H32N6O5/c1-34(2)28(36)22-16-19(8-9-24(22)31-29(37)40-15-12-35-10-13-39-14-11-35)20-17-23-26(32-33-27(23)30-18-20)21-6-4-5-7-25(21)38-3/h4-9,16-18H,10-15H2,1-3H3,(H,31,37)(H,30,32,33). The third kappa shape index (κ3) is 5.90. The number of morpholine rings is 1. The van der Waals surface area contributed by atoms with Crippen LogP contribution in [0.3, 0.4) is 0 Å². The molecule has 2 aromatic carbocycles. The third-order valence-corrected chi connectivity index (χ3v) is 6.76. The summed E-state index contributed by atoms with van der Waals surface area (Å²) >= 11 is 0. The normalized spacial score (nSPS) is 13.7. The number of anilines is 1. The third-order valence-electron chi connectivity index (χ3n) is 6.76. The number of hydrogen-bond donors (Lipinski definition) is 2. The molecule has 1 aliphatic heterocycles. The molecule has 0 bridgehead atoms. The van der Waals surface area contributed by atoms with Crippen LogP contribution in [0, 0.1) is 0 Å². The monoisotopic (exact) mass is 544 g/mol. The van der Waals surface area contributed by atoms with Gasteiger partial charge in [0.2, 0.25) is 0 Å². The van der Waals surface area contributed by atoms with Crippen molar-refractivity contribution in [1.82, 2.24) is 25.0 Å². The van der Waals surface area contributed by atoms with Gasteiger partial charge in [-0.25, -0.2) is 9.78 Å². The lowest BCUT2D eigenvalue weighted by molar-refractivity contribution is 0.0290. The van der Waals surface area contributed by atoms with Gasteiger partial charge in [-0.2, -0.15) is 5.10 Å². The predicted molar refractivity (Wildman–Crippen MR) is 152 cm³/mol. The largest absolute Gasteiger partial charge is 0.496 e. The number of fused-ring (bicyclic) bond motifs is 1. The molecule has 11 nitrogen and oxygen atoms in total. The molecule has 1 aliphatic rings. The van der Waals surface area contributed by atoms with E-state index >= 15 is 0 Å². The zero-order chi connectivity index (χ0) is 28.1. The molecule has 1 saturated heterocycles. The van der Waals surface area contributed by atoms with Crippen molar-refractivity contribution in [2.45, 2.75) is 0 Å². The number of ether oxygens (including phenoxy) is 3. The first kappa shape index (κ1) is 27.1. The molecule has 40 heavy (non-hydrogen) atoms. The van der Waals surface area contributed by atoms with Gasteiger partial charge >= 0.3 is 6.09 Å². The van der Waals surface area contributed by atoms with Gasteiger partial charge in [-0.3, -0.25) is 20.1 Å². The first-order valence-corrected chi connectivity index (χ1v) is 13.0. The van der Waals surface area contributed by atoms with Crippen molar-refractivity contribution < 1.29 is 23.8 Å². The van der Waals surface area contributed by atoms with E-state index in [2.05, 4.69) is 25.4 Å². The average Bonchev–Trinajstić information content (AvgIpc) is 3.40. The van der Waals surface area contributed by atoms with E-state index in [4.69, 9.17) is 14.2 Å². The lowest BCUT2D eigenvalue weighted by Crippen LogP contribution is -2.38. The summed E-state index contributed by atoms with van der Waals surface area (Å²) < 4.78 is 16.3. The van der Waals surface area contributed by atoms with Gasteiger partial charge in [0, 0.05) is 56.4 Å². The van der Waals surface area contributed by atoms with Crippen LogP contribution in [0.25, 0.3) is 33.4 Å². The van der Waals surface area contributed by atoms with Crippen LogP contribution in [0.5, 0.6) is 5.75 Å². The van der Waals surface area contributed by atoms with Crippen LogP contribution in [-0.4, -0.2) is 97.6 Å². The molecule has 5 rings (SSSR count). The van der Waals surface area contributed by atoms with Gasteiger partial charge in [-0.05, 0) is 35.9 Å². The Morgan fingerprint density at radius 2 is 1.90 bits per heavy atom.